The SMILES string of the molecule is CO[C@H]1OC(CO)[C@@H](O[C@H]2OC(CO[C@H]3OC(CO)[C@@H](OC)[C@H](O)C3O)[C@@H](C[C@H]3OC(CO)[C@@H](OC)[C@H](O)C3O)[C@H](O)C2O)[C@H](O)C1O. The van der Waals surface area contributed by atoms with Crippen LogP contribution in [0.25, 0.3) is 0 Å². The van der Waals surface area contributed by atoms with Crippen molar-refractivity contribution < 1.29 is 98.8 Å². The minimum Gasteiger partial charge on any atom is -0.394 e. The first-order chi connectivity index (χ1) is 22.9. The average molecular weight is 707 g/mol. The van der Waals surface area contributed by atoms with Crippen molar-refractivity contribution in [3.63, 3.8) is 0 Å². The maximum absolute atomic E-state index is 11.4. The van der Waals surface area contributed by atoms with Gasteiger partial charge in [0.15, 0.2) is 18.9 Å². The highest BCUT2D eigenvalue weighted by Crippen LogP contribution is 2.37. The van der Waals surface area contributed by atoms with Gasteiger partial charge in [-0.15, -0.1) is 0 Å². The highest BCUT2D eigenvalue weighted by Gasteiger charge is 2.54. The third kappa shape index (κ3) is 8.13. The van der Waals surface area contributed by atoms with Crippen LogP contribution < -0.4 is 0 Å². The Morgan fingerprint density at radius 1 is 0.438 bits per heavy atom. The molecule has 0 aromatic heterocycles. The second-order valence-corrected chi connectivity index (χ2v) is 12.3. The molecule has 0 aromatic carbocycles. The van der Waals surface area contributed by atoms with Crippen LogP contribution in [0.15, 0.2) is 0 Å². The summed E-state index contributed by atoms with van der Waals surface area (Å²) in [7, 11) is 3.72. The molecular formula is C28H50O20. The van der Waals surface area contributed by atoms with Gasteiger partial charge in [0.1, 0.15) is 79.4 Å². The lowest BCUT2D eigenvalue weighted by Crippen LogP contribution is -2.65. The normalized spacial score (nSPS) is 50.4. The molecule has 0 aliphatic carbocycles. The number of hydrogen-bond acceptors (Lipinski definition) is 20. The fraction of sp³-hybridized carbons (Fsp3) is 1.00. The quantitative estimate of drug-likeness (QED) is 0.0848. The molecule has 48 heavy (non-hydrogen) atoms. The predicted molar refractivity (Wildman–Crippen MR) is 151 cm³/mol. The van der Waals surface area contributed by atoms with Gasteiger partial charge in [-0.3, -0.25) is 0 Å². The molecule has 20 atom stereocenters. The lowest BCUT2D eigenvalue weighted by Gasteiger charge is -2.49. The van der Waals surface area contributed by atoms with E-state index in [-0.39, 0.29) is 6.42 Å². The van der Waals surface area contributed by atoms with Gasteiger partial charge in [-0.25, -0.2) is 0 Å². The Bertz CT molecular complexity index is 960. The zero-order valence-corrected chi connectivity index (χ0v) is 26.7. The molecule has 0 aromatic rings. The summed E-state index contributed by atoms with van der Waals surface area (Å²) in [6, 6.07) is 0. The Labute approximate surface area is 275 Å². The summed E-state index contributed by atoms with van der Waals surface area (Å²) in [6.07, 6.45) is -27.9. The van der Waals surface area contributed by atoms with Gasteiger partial charge >= 0.3 is 0 Å². The summed E-state index contributed by atoms with van der Waals surface area (Å²) >= 11 is 0. The van der Waals surface area contributed by atoms with Crippen molar-refractivity contribution in [1.29, 1.82) is 0 Å². The van der Waals surface area contributed by atoms with Crippen LogP contribution in [-0.2, 0) is 42.6 Å². The van der Waals surface area contributed by atoms with Gasteiger partial charge in [0.25, 0.3) is 0 Å². The van der Waals surface area contributed by atoms with E-state index in [9.17, 15) is 56.2 Å². The van der Waals surface area contributed by atoms with Crippen molar-refractivity contribution in [2.75, 3.05) is 47.8 Å². The molecule has 4 aliphatic heterocycles. The maximum atomic E-state index is 11.4. The van der Waals surface area contributed by atoms with Crippen molar-refractivity contribution in [3.8, 4) is 0 Å². The van der Waals surface area contributed by atoms with Gasteiger partial charge in [-0.05, 0) is 6.42 Å². The first-order valence-corrected chi connectivity index (χ1v) is 15.6. The summed E-state index contributed by atoms with van der Waals surface area (Å²) in [5.74, 6) is -1.18. The maximum Gasteiger partial charge on any atom is 0.187 e. The first-order valence-electron chi connectivity index (χ1n) is 15.6. The second-order valence-electron chi connectivity index (χ2n) is 12.3. The number of aliphatic hydroxyl groups is 11. The molecule has 20 heteroatoms. The molecule has 4 fully saturated rings. The van der Waals surface area contributed by atoms with Gasteiger partial charge in [0.05, 0.1) is 44.7 Å². The molecule has 4 rings (SSSR count). The van der Waals surface area contributed by atoms with Crippen LogP contribution in [0.5, 0.6) is 0 Å². The van der Waals surface area contributed by atoms with Crippen LogP contribution in [0.1, 0.15) is 6.42 Å². The molecule has 8 unspecified atom stereocenters. The van der Waals surface area contributed by atoms with E-state index in [2.05, 4.69) is 0 Å². The number of rotatable bonds is 13. The van der Waals surface area contributed by atoms with Crippen molar-refractivity contribution in [2.24, 2.45) is 5.92 Å². The fourth-order valence-corrected chi connectivity index (χ4v) is 6.71. The number of hydrogen-bond donors (Lipinski definition) is 11. The highest BCUT2D eigenvalue weighted by molar-refractivity contribution is 4.99. The number of methoxy groups -OCH3 is 3. The molecule has 4 saturated heterocycles. The summed E-state index contributed by atoms with van der Waals surface area (Å²) in [5, 5.41) is 116. The molecule has 0 spiro atoms. The minimum atomic E-state index is -1.86. The molecule has 11 N–H and O–H groups in total. The van der Waals surface area contributed by atoms with Crippen LogP contribution in [0, 0.1) is 5.92 Å². The standard InChI is InChI=1S/C28H50O20/c1-40-23-11(5-29)44-10(16(33)17(23)34)4-9-14(8-43-27-22(39)18(35)24(41-2)12(6-30)46-27)47-28(20(37)15(9)32)48-25-13(7-31)45-26(42-3)21(38)19(25)36/h9-39H,4-8H2,1-3H3/t9-,10-,11?,12?,13?,14?,15+,16?,17-,18-,19-,20?,21?,22?,23-,24-,25-,26+,27+,28-/m1/s1. The van der Waals surface area contributed by atoms with E-state index in [0.29, 0.717) is 0 Å². The van der Waals surface area contributed by atoms with E-state index >= 15 is 0 Å². The Kier molecular flexibility index (Phi) is 14.7. The molecule has 20 nitrogen and oxygen atoms in total. The van der Waals surface area contributed by atoms with Crippen LogP contribution in [0.2, 0.25) is 0 Å². The third-order valence-electron chi connectivity index (χ3n) is 9.46. The number of aliphatic hydroxyl groups excluding tert-OH is 11. The monoisotopic (exact) mass is 706 g/mol. The summed E-state index contributed by atoms with van der Waals surface area (Å²) in [6.45, 7) is -2.45. The zero-order valence-electron chi connectivity index (χ0n) is 26.7. The highest BCUT2D eigenvalue weighted by atomic mass is 16.8. The summed E-state index contributed by atoms with van der Waals surface area (Å²) in [4.78, 5) is 0. The minimum absolute atomic E-state index is 0.311. The van der Waals surface area contributed by atoms with E-state index in [0.717, 1.165) is 0 Å². The smallest absolute Gasteiger partial charge is 0.187 e. The van der Waals surface area contributed by atoms with Crippen LogP contribution in [0.4, 0.5) is 0 Å². The van der Waals surface area contributed by atoms with Gasteiger partial charge in [-0.2, -0.15) is 0 Å². The molecule has 0 amide bonds. The second kappa shape index (κ2) is 17.6. The Balaban J connectivity index is 1.57. The summed E-state index contributed by atoms with van der Waals surface area (Å²) in [5.41, 5.74) is 0. The Morgan fingerprint density at radius 3 is 1.46 bits per heavy atom. The van der Waals surface area contributed by atoms with E-state index in [4.69, 9.17) is 42.6 Å². The van der Waals surface area contributed by atoms with Crippen LogP contribution >= 0.6 is 0 Å². The van der Waals surface area contributed by atoms with Gasteiger partial charge in [-0.1, -0.05) is 0 Å². The Morgan fingerprint density at radius 2 is 0.896 bits per heavy atom. The Hall–Kier alpha value is -0.800. The van der Waals surface area contributed by atoms with Gasteiger partial charge in [0.2, 0.25) is 0 Å². The van der Waals surface area contributed by atoms with Gasteiger partial charge < -0.3 is 98.8 Å². The molecule has 4 heterocycles. The summed E-state index contributed by atoms with van der Waals surface area (Å²) < 4.78 is 49.6. The lowest BCUT2D eigenvalue weighted by atomic mass is 9.81. The fourth-order valence-electron chi connectivity index (χ4n) is 6.71. The van der Waals surface area contributed by atoms with E-state index in [1.54, 1.807) is 0 Å². The third-order valence-corrected chi connectivity index (χ3v) is 9.46. The van der Waals surface area contributed by atoms with Crippen molar-refractivity contribution in [3.05, 3.63) is 0 Å². The van der Waals surface area contributed by atoms with Gasteiger partial charge in [0, 0.05) is 27.2 Å². The molecule has 282 valence electrons. The topological polar surface area (TPSA) is 306 Å². The molecular weight excluding hydrogens is 656 g/mol. The largest absolute Gasteiger partial charge is 0.394 e. The molecule has 0 radical (unpaired) electrons. The molecule has 0 bridgehead atoms. The first kappa shape index (κ1) is 40.0. The lowest BCUT2D eigenvalue weighted by molar-refractivity contribution is -0.362. The van der Waals surface area contributed by atoms with Crippen molar-refractivity contribution >= 4 is 0 Å². The molecule has 4 aliphatic rings. The predicted octanol–water partition coefficient (Wildman–Crippen LogP) is -7.12. The van der Waals surface area contributed by atoms with E-state index in [1.165, 1.54) is 21.3 Å². The van der Waals surface area contributed by atoms with Crippen molar-refractivity contribution in [1.82, 2.24) is 0 Å². The van der Waals surface area contributed by atoms with E-state index < -0.39 is 149 Å². The van der Waals surface area contributed by atoms with Crippen LogP contribution in [-0.4, -0.2) is 220 Å². The zero-order chi connectivity index (χ0) is 35.4. The number of ether oxygens (including phenoxy) is 9. The van der Waals surface area contributed by atoms with Crippen molar-refractivity contribution in [2.45, 2.75) is 123 Å². The van der Waals surface area contributed by atoms with Crippen LogP contribution in [0.3, 0.4) is 0 Å². The average Bonchev–Trinajstić information content (AvgIpc) is 3.09. The van der Waals surface area contributed by atoms with E-state index in [1.807, 2.05) is 0 Å². The molecule has 0 saturated carbocycles.